The second-order valence-electron chi connectivity index (χ2n) is 2.29. The van der Waals surface area contributed by atoms with Crippen LogP contribution in [0.2, 0.25) is 0 Å². The first-order valence-electron chi connectivity index (χ1n) is 3.53. The van der Waals surface area contributed by atoms with Crippen molar-refractivity contribution in [2.45, 2.75) is 6.04 Å². The predicted octanol–water partition coefficient (Wildman–Crippen LogP) is 3.28. The molecule has 0 bridgehead atoms. The summed E-state index contributed by atoms with van der Waals surface area (Å²) in [5, 5.41) is 3.56. The summed E-state index contributed by atoms with van der Waals surface area (Å²) in [4.78, 5) is 2.72. The average Bonchev–Trinajstić information content (AvgIpc) is 2.15. The van der Waals surface area contributed by atoms with E-state index >= 15 is 0 Å². The van der Waals surface area contributed by atoms with Gasteiger partial charge in [0.25, 0.3) is 0 Å². The van der Waals surface area contributed by atoms with E-state index in [0.717, 1.165) is 5.56 Å². The summed E-state index contributed by atoms with van der Waals surface area (Å²) >= 11 is 5.62. The number of rotatable bonds is 3. The van der Waals surface area contributed by atoms with Crippen LogP contribution in [0.5, 0.6) is 0 Å². The Bertz CT molecular complexity index is 280. The Hall–Kier alpha value is -1.18. The molecule has 0 spiro atoms. The van der Waals surface area contributed by atoms with Crippen molar-refractivity contribution in [2.75, 3.05) is 5.88 Å². The highest BCUT2D eigenvalue weighted by Crippen LogP contribution is 2.18. The normalized spacial score (nSPS) is 11.8. The number of benzene rings is 1. The maximum Gasteiger partial charge on any atom is 0.0760 e. The monoisotopic (exact) mass is 181 g/mol. The van der Waals surface area contributed by atoms with Crippen LogP contribution in [-0.2, 0) is 0 Å². The van der Waals surface area contributed by atoms with Crippen LogP contribution in [0.3, 0.4) is 0 Å². The first-order valence-corrected chi connectivity index (χ1v) is 4.07. The molecule has 3 nitrogen and oxygen atoms in total. The lowest BCUT2D eigenvalue weighted by Crippen LogP contribution is -1.94. The second-order valence-corrected chi connectivity index (χ2v) is 2.59. The molecule has 62 valence electrons. The van der Waals surface area contributed by atoms with E-state index in [4.69, 9.17) is 17.1 Å². The van der Waals surface area contributed by atoms with Crippen molar-refractivity contribution in [3.8, 4) is 0 Å². The molecule has 1 unspecified atom stereocenters. The molecule has 4 heteroatoms. The summed E-state index contributed by atoms with van der Waals surface area (Å²) < 4.78 is 0. The van der Waals surface area contributed by atoms with Gasteiger partial charge in [0.05, 0.1) is 6.04 Å². The summed E-state index contributed by atoms with van der Waals surface area (Å²) in [5.41, 5.74) is 9.18. The highest BCUT2D eigenvalue weighted by Gasteiger charge is 2.05. The van der Waals surface area contributed by atoms with E-state index in [1.54, 1.807) is 0 Å². The van der Waals surface area contributed by atoms with E-state index in [0.29, 0.717) is 5.88 Å². The van der Waals surface area contributed by atoms with E-state index in [1.807, 2.05) is 30.3 Å². The Labute approximate surface area is 75.6 Å². The quantitative estimate of drug-likeness (QED) is 0.297. The zero-order valence-corrected chi connectivity index (χ0v) is 7.15. The lowest BCUT2D eigenvalue weighted by Gasteiger charge is -2.05. The topological polar surface area (TPSA) is 48.8 Å². The lowest BCUT2D eigenvalue weighted by molar-refractivity contribution is 0.816. The molecule has 0 aromatic heterocycles. The van der Waals surface area contributed by atoms with Crippen molar-refractivity contribution in [3.05, 3.63) is 46.3 Å². The van der Waals surface area contributed by atoms with Crippen molar-refractivity contribution in [3.63, 3.8) is 0 Å². The van der Waals surface area contributed by atoms with E-state index in [2.05, 4.69) is 10.0 Å². The predicted molar refractivity (Wildman–Crippen MR) is 49.0 cm³/mol. The number of azide groups is 1. The highest BCUT2D eigenvalue weighted by molar-refractivity contribution is 6.18. The molecule has 0 heterocycles. The Morgan fingerprint density at radius 3 is 2.58 bits per heavy atom. The van der Waals surface area contributed by atoms with Crippen LogP contribution < -0.4 is 0 Å². The molecule has 1 atom stereocenters. The lowest BCUT2D eigenvalue weighted by atomic mass is 10.1. The molecule has 0 saturated heterocycles. The van der Waals surface area contributed by atoms with Gasteiger partial charge >= 0.3 is 0 Å². The van der Waals surface area contributed by atoms with Crippen molar-refractivity contribution < 1.29 is 0 Å². The van der Waals surface area contributed by atoms with Gasteiger partial charge in [0.2, 0.25) is 0 Å². The van der Waals surface area contributed by atoms with Crippen LogP contribution in [0.1, 0.15) is 11.6 Å². The summed E-state index contributed by atoms with van der Waals surface area (Å²) in [6.45, 7) is 0. The first kappa shape index (κ1) is 8.91. The Kier molecular flexibility index (Phi) is 3.45. The summed E-state index contributed by atoms with van der Waals surface area (Å²) in [7, 11) is 0. The standard InChI is InChI=1S/C8H8ClN3/c9-6-8(11-12-10)7-4-2-1-3-5-7/h1-5,8H,6H2. The van der Waals surface area contributed by atoms with E-state index in [1.165, 1.54) is 0 Å². The van der Waals surface area contributed by atoms with Crippen LogP contribution in [0.25, 0.3) is 10.4 Å². The minimum atomic E-state index is -0.252. The molecule has 1 aromatic rings. The fourth-order valence-electron chi connectivity index (χ4n) is 0.924. The van der Waals surface area contributed by atoms with E-state index in [9.17, 15) is 0 Å². The average molecular weight is 182 g/mol. The van der Waals surface area contributed by atoms with Gasteiger partial charge in [0.1, 0.15) is 0 Å². The second kappa shape index (κ2) is 4.65. The summed E-state index contributed by atoms with van der Waals surface area (Å²) in [6.07, 6.45) is 0. The molecule has 0 aliphatic heterocycles. The first-order chi connectivity index (χ1) is 5.88. The van der Waals surface area contributed by atoms with Crippen LogP contribution in [0.15, 0.2) is 35.4 Å². The third-order valence-electron chi connectivity index (χ3n) is 1.52. The SMILES string of the molecule is [N-]=[N+]=NC(CCl)c1ccccc1. The molecule has 12 heavy (non-hydrogen) atoms. The van der Waals surface area contributed by atoms with Crippen LogP contribution in [0.4, 0.5) is 0 Å². The van der Waals surface area contributed by atoms with Gasteiger partial charge in [-0.3, -0.25) is 0 Å². The zero-order chi connectivity index (χ0) is 8.81. The van der Waals surface area contributed by atoms with Gasteiger partial charge in [0, 0.05) is 10.8 Å². The third kappa shape index (κ3) is 2.16. The maximum absolute atomic E-state index is 8.23. The molecule has 0 aliphatic rings. The number of hydrogen-bond donors (Lipinski definition) is 0. The Morgan fingerprint density at radius 2 is 2.08 bits per heavy atom. The maximum atomic E-state index is 8.23. The Morgan fingerprint density at radius 1 is 1.42 bits per heavy atom. The van der Waals surface area contributed by atoms with Gasteiger partial charge in [-0.05, 0) is 11.1 Å². The van der Waals surface area contributed by atoms with Crippen LogP contribution in [0, 0.1) is 0 Å². The molecule has 0 amide bonds. The zero-order valence-electron chi connectivity index (χ0n) is 6.39. The third-order valence-corrected chi connectivity index (χ3v) is 1.81. The van der Waals surface area contributed by atoms with Gasteiger partial charge in [-0.1, -0.05) is 35.4 Å². The van der Waals surface area contributed by atoms with Gasteiger partial charge in [-0.2, -0.15) is 0 Å². The molecule has 0 radical (unpaired) electrons. The van der Waals surface area contributed by atoms with Crippen molar-refractivity contribution in [2.24, 2.45) is 5.11 Å². The van der Waals surface area contributed by atoms with E-state index in [-0.39, 0.29) is 6.04 Å². The fraction of sp³-hybridized carbons (Fsp3) is 0.250. The van der Waals surface area contributed by atoms with Gasteiger partial charge in [0.15, 0.2) is 0 Å². The van der Waals surface area contributed by atoms with Gasteiger partial charge in [-0.25, -0.2) is 0 Å². The minimum absolute atomic E-state index is 0.252. The number of hydrogen-bond acceptors (Lipinski definition) is 1. The van der Waals surface area contributed by atoms with Crippen molar-refractivity contribution in [1.29, 1.82) is 0 Å². The molecule has 0 aliphatic carbocycles. The molecule has 0 saturated carbocycles. The number of alkyl halides is 1. The minimum Gasteiger partial charge on any atom is -0.126 e. The van der Waals surface area contributed by atoms with Gasteiger partial charge < -0.3 is 0 Å². The molecule has 1 aromatic carbocycles. The highest BCUT2D eigenvalue weighted by atomic mass is 35.5. The molecule has 0 N–H and O–H groups in total. The summed E-state index contributed by atoms with van der Waals surface area (Å²) in [6, 6.07) is 9.22. The summed E-state index contributed by atoms with van der Waals surface area (Å²) in [5.74, 6) is 0.314. The number of halogens is 1. The smallest absolute Gasteiger partial charge is 0.0760 e. The van der Waals surface area contributed by atoms with Gasteiger partial charge in [-0.15, -0.1) is 11.6 Å². The van der Waals surface area contributed by atoms with Crippen molar-refractivity contribution >= 4 is 11.6 Å². The molecule has 0 fully saturated rings. The number of nitrogens with zero attached hydrogens (tertiary/aromatic N) is 3. The van der Waals surface area contributed by atoms with E-state index < -0.39 is 0 Å². The molecule has 1 rings (SSSR count). The van der Waals surface area contributed by atoms with Crippen molar-refractivity contribution in [1.82, 2.24) is 0 Å². The van der Waals surface area contributed by atoms with Crippen LogP contribution >= 0.6 is 11.6 Å². The Balaban J connectivity index is 2.87. The van der Waals surface area contributed by atoms with Crippen LogP contribution in [-0.4, -0.2) is 5.88 Å². The fourth-order valence-corrected chi connectivity index (χ4v) is 1.16. The largest absolute Gasteiger partial charge is 0.126 e. The molecular weight excluding hydrogens is 174 g/mol. The molecular formula is C8H8ClN3.